The van der Waals surface area contributed by atoms with Crippen LogP contribution in [0.2, 0.25) is 0 Å². The van der Waals surface area contributed by atoms with Crippen LogP contribution in [0.5, 0.6) is 0 Å². The summed E-state index contributed by atoms with van der Waals surface area (Å²) in [6.07, 6.45) is -0.586. The highest BCUT2D eigenvalue weighted by Crippen LogP contribution is 2.31. The number of ether oxygens (including phenoxy) is 1. The Hall–Kier alpha value is -2.15. The minimum absolute atomic E-state index is 0.0696. The standard InChI is InChI=1S/C19H27FN2O4/c1-12-11-13(20)5-6-14(12)17(24)15-7-8-16(23)22(15)10-9-21-18(25)26-19(2,3)4/h5-6,11,15,17,24H,7-10H2,1-4H3,(H,21,25). The molecule has 1 aromatic carbocycles. The van der Waals surface area contributed by atoms with Crippen LogP contribution in [0.1, 0.15) is 50.8 Å². The lowest BCUT2D eigenvalue weighted by Crippen LogP contribution is -2.43. The van der Waals surface area contributed by atoms with Crippen LogP contribution in [-0.2, 0) is 9.53 Å². The molecule has 1 fully saturated rings. The second kappa shape index (κ2) is 8.03. The van der Waals surface area contributed by atoms with Gasteiger partial charge in [-0.2, -0.15) is 0 Å². The third kappa shape index (κ3) is 5.17. The van der Waals surface area contributed by atoms with E-state index < -0.39 is 23.8 Å². The maximum absolute atomic E-state index is 13.3. The minimum atomic E-state index is -0.899. The number of halogens is 1. The fourth-order valence-electron chi connectivity index (χ4n) is 3.15. The highest BCUT2D eigenvalue weighted by Gasteiger charge is 2.36. The SMILES string of the molecule is Cc1cc(F)ccc1C(O)C1CCC(=O)N1CCNC(=O)OC(C)(C)C. The predicted octanol–water partition coefficient (Wildman–Crippen LogP) is 2.68. The van der Waals surface area contributed by atoms with Crippen molar-refractivity contribution < 1.29 is 23.8 Å². The van der Waals surface area contributed by atoms with E-state index in [4.69, 9.17) is 4.74 Å². The van der Waals surface area contributed by atoms with Crippen LogP contribution in [0.3, 0.4) is 0 Å². The van der Waals surface area contributed by atoms with Gasteiger partial charge < -0.3 is 20.1 Å². The Morgan fingerprint density at radius 1 is 1.46 bits per heavy atom. The van der Waals surface area contributed by atoms with Crippen molar-refractivity contribution in [2.45, 2.75) is 58.3 Å². The topological polar surface area (TPSA) is 78.9 Å². The van der Waals surface area contributed by atoms with Crippen LogP contribution in [0.25, 0.3) is 0 Å². The van der Waals surface area contributed by atoms with Gasteiger partial charge in [0.2, 0.25) is 5.91 Å². The van der Waals surface area contributed by atoms with Crippen LogP contribution in [0, 0.1) is 12.7 Å². The first kappa shape index (κ1) is 20.2. The Morgan fingerprint density at radius 2 is 2.15 bits per heavy atom. The third-order valence-electron chi connectivity index (χ3n) is 4.31. The molecule has 0 aromatic heterocycles. The zero-order chi connectivity index (χ0) is 19.5. The van der Waals surface area contributed by atoms with Gasteiger partial charge in [0.05, 0.1) is 12.1 Å². The number of aliphatic hydroxyl groups excluding tert-OH is 1. The molecule has 1 saturated heterocycles. The maximum Gasteiger partial charge on any atom is 0.407 e. The predicted molar refractivity (Wildman–Crippen MR) is 95.1 cm³/mol. The van der Waals surface area contributed by atoms with Crippen molar-refractivity contribution >= 4 is 12.0 Å². The Bertz CT molecular complexity index is 672. The number of carbonyl (C=O) groups is 2. The number of rotatable bonds is 5. The summed E-state index contributed by atoms with van der Waals surface area (Å²) in [5.74, 6) is -0.431. The molecule has 2 N–H and O–H groups in total. The Kier molecular flexibility index (Phi) is 6.23. The molecule has 1 aliphatic rings. The highest BCUT2D eigenvalue weighted by atomic mass is 19.1. The van der Waals surface area contributed by atoms with E-state index in [-0.39, 0.29) is 24.8 Å². The van der Waals surface area contributed by atoms with Crippen LogP contribution >= 0.6 is 0 Å². The van der Waals surface area contributed by atoms with E-state index in [0.717, 1.165) is 0 Å². The summed E-state index contributed by atoms with van der Waals surface area (Å²) in [5, 5.41) is 13.3. The van der Waals surface area contributed by atoms with Gasteiger partial charge in [-0.25, -0.2) is 9.18 Å². The maximum atomic E-state index is 13.3. The smallest absolute Gasteiger partial charge is 0.407 e. The van der Waals surface area contributed by atoms with E-state index in [2.05, 4.69) is 5.32 Å². The number of aryl methyl sites for hydroxylation is 1. The third-order valence-corrected chi connectivity index (χ3v) is 4.31. The molecule has 144 valence electrons. The normalized spacial score (nSPS) is 18.8. The van der Waals surface area contributed by atoms with Crippen LogP contribution in [0.15, 0.2) is 18.2 Å². The summed E-state index contributed by atoms with van der Waals surface area (Å²) < 4.78 is 18.4. The first-order valence-corrected chi connectivity index (χ1v) is 8.79. The molecule has 2 atom stereocenters. The molecular weight excluding hydrogens is 339 g/mol. The molecule has 1 aliphatic heterocycles. The van der Waals surface area contributed by atoms with E-state index in [0.29, 0.717) is 24.0 Å². The molecule has 0 bridgehead atoms. The number of benzene rings is 1. The monoisotopic (exact) mass is 366 g/mol. The number of aliphatic hydroxyl groups is 1. The summed E-state index contributed by atoms with van der Waals surface area (Å²) in [7, 11) is 0. The van der Waals surface area contributed by atoms with Gasteiger partial charge in [0.15, 0.2) is 0 Å². The second-order valence-electron chi connectivity index (χ2n) is 7.57. The lowest BCUT2D eigenvalue weighted by Gasteiger charge is -2.30. The number of likely N-dealkylation sites (tertiary alicyclic amines) is 1. The van der Waals surface area contributed by atoms with Crippen molar-refractivity contribution in [3.05, 3.63) is 35.1 Å². The molecule has 2 unspecified atom stereocenters. The molecular formula is C19H27FN2O4. The zero-order valence-electron chi connectivity index (χ0n) is 15.7. The Balaban J connectivity index is 1.98. The van der Waals surface area contributed by atoms with Gasteiger partial charge in [-0.05, 0) is 57.4 Å². The Morgan fingerprint density at radius 3 is 2.77 bits per heavy atom. The van der Waals surface area contributed by atoms with E-state index in [9.17, 15) is 19.1 Å². The molecule has 2 amide bonds. The number of nitrogens with zero attached hydrogens (tertiary/aromatic N) is 1. The van der Waals surface area contributed by atoms with Crippen LogP contribution in [-0.4, -0.2) is 46.7 Å². The van der Waals surface area contributed by atoms with Crippen LogP contribution in [0.4, 0.5) is 9.18 Å². The van der Waals surface area contributed by atoms with Gasteiger partial charge >= 0.3 is 6.09 Å². The van der Waals surface area contributed by atoms with E-state index in [1.165, 1.54) is 12.1 Å². The average molecular weight is 366 g/mol. The average Bonchev–Trinajstić information content (AvgIpc) is 2.86. The van der Waals surface area contributed by atoms with Crippen LogP contribution < -0.4 is 5.32 Å². The largest absolute Gasteiger partial charge is 0.444 e. The van der Waals surface area contributed by atoms with Gasteiger partial charge in [0.25, 0.3) is 0 Å². The van der Waals surface area contributed by atoms with Crippen molar-refractivity contribution in [3.63, 3.8) is 0 Å². The summed E-state index contributed by atoms with van der Waals surface area (Å²) >= 11 is 0. The van der Waals surface area contributed by atoms with Crippen molar-refractivity contribution in [1.82, 2.24) is 10.2 Å². The molecule has 6 nitrogen and oxygen atoms in total. The number of hydrogen-bond acceptors (Lipinski definition) is 4. The number of nitrogens with one attached hydrogen (secondary N) is 1. The number of hydrogen-bond donors (Lipinski definition) is 2. The van der Waals surface area contributed by atoms with Crippen molar-refractivity contribution in [2.75, 3.05) is 13.1 Å². The van der Waals surface area contributed by atoms with Gasteiger partial charge in [0, 0.05) is 19.5 Å². The molecule has 0 radical (unpaired) electrons. The van der Waals surface area contributed by atoms with Crippen molar-refractivity contribution in [2.24, 2.45) is 0 Å². The summed E-state index contributed by atoms with van der Waals surface area (Å²) in [6.45, 7) is 7.55. The lowest BCUT2D eigenvalue weighted by molar-refractivity contribution is -0.130. The second-order valence-corrected chi connectivity index (χ2v) is 7.57. The molecule has 0 saturated carbocycles. The first-order valence-electron chi connectivity index (χ1n) is 8.79. The molecule has 1 heterocycles. The molecule has 26 heavy (non-hydrogen) atoms. The van der Waals surface area contributed by atoms with Gasteiger partial charge in [0.1, 0.15) is 11.4 Å². The molecule has 7 heteroatoms. The number of carbonyl (C=O) groups excluding carboxylic acids is 2. The number of amides is 2. The van der Waals surface area contributed by atoms with Crippen molar-refractivity contribution in [1.29, 1.82) is 0 Å². The lowest BCUT2D eigenvalue weighted by atomic mass is 9.96. The summed E-state index contributed by atoms with van der Waals surface area (Å²) in [5.41, 5.74) is 0.659. The van der Waals surface area contributed by atoms with E-state index in [1.54, 1.807) is 38.7 Å². The number of alkyl carbamates (subject to hydrolysis) is 1. The molecule has 0 aliphatic carbocycles. The summed E-state index contributed by atoms with van der Waals surface area (Å²) in [6, 6.07) is 3.82. The molecule has 0 spiro atoms. The molecule has 1 aromatic rings. The minimum Gasteiger partial charge on any atom is -0.444 e. The Labute approximate surface area is 153 Å². The van der Waals surface area contributed by atoms with Gasteiger partial charge in [-0.1, -0.05) is 6.07 Å². The van der Waals surface area contributed by atoms with E-state index in [1.807, 2.05) is 0 Å². The van der Waals surface area contributed by atoms with Gasteiger partial charge in [-0.3, -0.25) is 4.79 Å². The first-order chi connectivity index (χ1) is 12.1. The molecule has 2 rings (SSSR count). The highest BCUT2D eigenvalue weighted by molar-refractivity contribution is 5.79. The summed E-state index contributed by atoms with van der Waals surface area (Å²) in [4.78, 5) is 25.5. The van der Waals surface area contributed by atoms with Gasteiger partial charge in [-0.15, -0.1) is 0 Å². The fraction of sp³-hybridized carbons (Fsp3) is 0.579. The van der Waals surface area contributed by atoms with E-state index >= 15 is 0 Å². The quantitative estimate of drug-likeness (QED) is 0.840. The zero-order valence-corrected chi connectivity index (χ0v) is 15.7. The van der Waals surface area contributed by atoms with Crippen molar-refractivity contribution in [3.8, 4) is 0 Å². The fourth-order valence-corrected chi connectivity index (χ4v) is 3.15.